The van der Waals surface area contributed by atoms with Crippen molar-refractivity contribution in [2.24, 2.45) is 13.0 Å². The van der Waals surface area contributed by atoms with Gasteiger partial charge in [0.1, 0.15) is 0 Å². The first-order chi connectivity index (χ1) is 16.8. The van der Waals surface area contributed by atoms with Crippen molar-refractivity contribution in [1.29, 1.82) is 0 Å². The number of rotatable bonds is 5. The van der Waals surface area contributed by atoms with E-state index >= 15 is 0 Å². The lowest BCUT2D eigenvalue weighted by Crippen LogP contribution is -2.37. The van der Waals surface area contributed by atoms with Gasteiger partial charge in [-0.15, -0.1) is 0 Å². The van der Waals surface area contributed by atoms with Gasteiger partial charge in [-0.25, -0.2) is 9.97 Å². The number of halogens is 6. The largest absolute Gasteiger partial charge is 0.416 e. The van der Waals surface area contributed by atoms with Crippen LogP contribution in [0.15, 0.2) is 43.0 Å². The molecule has 1 aliphatic carbocycles. The first-order valence-corrected chi connectivity index (χ1v) is 11.5. The van der Waals surface area contributed by atoms with Gasteiger partial charge in [-0.1, -0.05) is 6.92 Å². The Morgan fingerprint density at radius 1 is 0.972 bits per heavy atom. The summed E-state index contributed by atoms with van der Waals surface area (Å²) < 4.78 is 82.2. The molecule has 1 N–H and O–H groups in total. The lowest BCUT2D eigenvalue weighted by molar-refractivity contribution is -0.143. The van der Waals surface area contributed by atoms with E-state index in [1.807, 2.05) is 0 Å². The van der Waals surface area contributed by atoms with Crippen LogP contribution in [0, 0.1) is 5.92 Å². The number of aryl methyl sites for hydroxylation is 1. The first-order valence-electron chi connectivity index (χ1n) is 11.5. The topological polar surface area (TPSA) is 58.9 Å². The van der Waals surface area contributed by atoms with Gasteiger partial charge in [0.2, 0.25) is 5.95 Å². The molecule has 1 saturated carbocycles. The Balaban J connectivity index is 1.50. The molecule has 192 valence electrons. The molecule has 36 heavy (non-hydrogen) atoms. The molecule has 3 aromatic rings. The lowest BCUT2D eigenvalue weighted by Gasteiger charge is -2.29. The number of alkyl halides is 6. The third kappa shape index (κ3) is 4.78. The molecule has 0 bridgehead atoms. The summed E-state index contributed by atoms with van der Waals surface area (Å²) in [6, 6.07) is 1.49. The van der Waals surface area contributed by atoms with Crippen molar-refractivity contribution in [2.75, 3.05) is 11.4 Å². The van der Waals surface area contributed by atoms with E-state index in [4.69, 9.17) is 0 Å². The van der Waals surface area contributed by atoms with Crippen LogP contribution in [0.5, 0.6) is 0 Å². The third-order valence-electron chi connectivity index (χ3n) is 7.12. The average molecular weight is 510 g/mol. The van der Waals surface area contributed by atoms with Crippen LogP contribution < -0.4 is 10.2 Å². The van der Waals surface area contributed by atoms with Crippen molar-refractivity contribution >= 4 is 5.95 Å². The standard InChI is InChI=1S/C24H24F6N6/c1-14-6-22(14)7-20(11-33-22)36(21-31-8-16(9-32-21)17-10-34-35(2)13-17)12-15-3-18(23(25,26)27)5-19(4-15)24(28,29)30/h3-5,8-10,13-14,20,33H,6-7,11-12H2,1-2H3/t14-,20+,22?/m1/s1. The minimum atomic E-state index is -4.91. The Morgan fingerprint density at radius 2 is 1.58 bits per heavy atom. The summed E-state index contributed by atoms with van der Waals surface area (Å²) in [4.78, 5) is 10.6. The zero-order valence-corrected chi connectivity index (χ0v) is 19.5. The Hall–Kier alpha value is -3.15. The fourth-order valence-electron chi connectivity index (χ4n) is 4.98. The maximum absolute atomic E-state index is 13.4. The summed E-state index contributed by atoms with van der Waals surface area (Å²) in [5.74, 6) is 0.689. The molecule has 1 spiro atoms. The summed E-state index contributed by atoms with van der Waals surface area (Å²) in [5.41, 5.74) is -1.35. The number of nitrogens with one attached hydrogen (secondary N) is 1. The quantitative estimate of drug-likeness (QED) is 0.487. The van der Waals surface area contributed by atoms with Crippen LogP contribution in [0.1, 0.15) is 36.5 Å². The van der Waals surface area contributed by atoms with Gasteiger partial charge < -0.3 is 10.2 Å². The zero-order valence-electron chi connectivity index (χ0n) is 19.5. The Bertz CT molecular complexity index is 1220. The van der Waals surface area contributed by atoms with Crippen molar-refractivity contribution < 1.29 is 26.3 Å². The number of hydrogen-bond donors (Lipinski definition) is 1. The molecule has 2 aliphatic rings. The highest BCUT2D eigenvalue weighted by Crippen LogP contribution is 2.50. The summed E-state index contributed by atoms with van der Waals surface area (Å²) in [6.45, 7) is 2.44. The monoisotopic (exact) mass is 510 g/mol. The summed E-state index contributed by atoms with van der Waals surface area (Å²) in [7, 11) is 1.77. The second-order valence-electron chi connectivity index (χ2n) is 9.72. The van der Waals surface area contributed by atoms with Gasteiger partial charge in [0.25, 0.3) is 0 Å². The maximum atomic E-state index is 13.4. The van der Waals surface area contributed by atoms with Crippen LogP contribution in [0.25, 0.3) is 11.1 Å². The number of anilines is 1. The highest BCUT2D eigenvalue weighted by atomic mass is 19.4. The SMILES string of the molecule is C[C@@H]1CC12C[C@H](N(Cc1cc(C(F)(F)F)cc(C(F)(F)F)c1)c1ncc(-c3cnn(C)c3)cn1)CN2. The van der Waals surface area contributed by atoms with Gasteiger partial charge in [-0.2, -0.15) is 31.4 Å². The van der Waals surface area contributed by atoms with E-state index in [1.165, 1.54) is 0 Å². The predicted molar refractivity (Wildman–Crippen MR) is 120 cm³/mol. The fraction of sp³-hybridized carbons (Fsp3) is 0.458. The minimum Gasteiger partial charge on any atom is -0.332 e. The van der Waals surface area contributed by atoms with Gasteiger partial charge in [0, 0.05) is 61.4 Å². The molecule has 6 nitrogen and oxygen atoms in total. The van der Waals surface area contributed by atoms with Gasteiger partial charge >= 0.3 is 12.4 Å². The summed E-state index contributed by atoms with van der Waals surface area (Å²) >= 11 is 0. The zero-order chi connectivity index (χ0) is 25.9. The molecule has 3 heterocycles. The van der Waals surface area contributed by atoms with E-state index in [-0.39, 0.29) is 35.7 Å². The predicted octanol–water partition coefficient (Wildman–Crippen LogP) is 5.06. The molecule has 1 aromatic carbocycles. The third-order valence-corrected chi connectivity index (χ3v) is 7.12. The van der Waals surface area contributed by atoms with Gasteiger partial charge in [-0.05, 0) is 42.5 Å². The van der Waals surface area contributed by atoms with Crippen LogP contribution >= 0.6 is 0 Å². The second-order valence-corrected chi connectivity index (χ2v) is 9.72. The molecule has 12 heteroatoms. The lowest BCUT2D eigenvalue weighted by atomic mass is 10.0. The van der Waals surface area contributed by atoms with E-state index in [1.54, 1.807) is 41.4 Å². The molecule has 0 amide bonds. The highest BCUT2D eigenvalue weighted by molar-refractivity contribution is 5.60. The number of benzene rings is 1. The van der Waals surface area contributed by atoms with Crippen LogP contribution in [0.3, 0.4) is 0 Å². The van der Waals surface area contributed by atoms with Gasteiger partial charge in [0.15, 0.2) is 0 Å². The molecule has 3 atom stereocenters. The van der Waals surface area contributed by atoms with Crippen LogP contribution in [-0.4, -0.2) is 37.9 Å². The molecule has 1 aliphatic heterocycles. The van der Waals surface area contributed by atoms with E-state index in [0.717, 1.165) is 24.1 Å². The minimum absolute atomic E-state index is 0.0521. The second kappa shape index (κ2) is 8.46. The van der Waals surface area contributed by atoms with Crippen LogP contribution in [0.2, 0.25) is 0 Å². The fourth-order valence-corrected chi connectivity index (χ4v) is 4.98. The van der Waals surface area contributed by atoms with E-state index < -0.39 is 23.5 Å². The molecule has 5 rings (SSSR count). The van der Waals surface area contributed by atoms with Gasteiger partial charge in [-0.3, -0.25) is 4.68 Å². The van der Waals surface area contributed by atoms with Gasteiger partial charge in [0.05, 0.1) is 17.3 Å². The number of hydrogen-bond acceptors (Lipinski definition) is 5. The smallest absolute Gasteiger partial charge is 0.332 e. The highest BCUT2D eigenvalue weighted by Gasteiger charge is 2.56. The van der Waals surface area contributed by atoms with Crippen molar-refractivity contribution in [3.8, 4) is 11.1 Å². The van der Waals surface area contributed by atoms with Crippen molar-refractivity contribution in [1.82, 2.24) is 25.1 Å². The van der Waals surface area contributed by atoms with Crippen molar-refractivity contribution in [3.63, 3.8) is 0 Å². The molecule has 1 saturated heterocycles. The Kier molecular flexibility index (Phi) is 5.77. The van der Waals surface area contributed by atoms with E-state index in [0.29, 0.717) is 24.4 Å². The van der Waals surface area contributed by atoms with Crippen molar-refractivity contribution in [2.45, 2.75) is 50.2 Å². The Morgan fingerprint density at radius 3 is 2.06 bits per heavy atom. The van der Waals surface area contributed by atoms with E-state index in [2.05, 4.69) is 27.3 Å². The average Bonchev–Trinajstić information content (AvgIpc) is 3.13. The number of nitrogens with zero attached hydrogens (tertiary/aromatic N) is 5. The maximum Gasteiger partial charge on any atom is 0.416 e. The van der Waals surface area contributed by atoms with Crippen LogP contribution in [-0.2, 0) is 25.9 Å². The van der Waals surface area contributed by atoms with E-state index in [9.17, 15) is 26.3 Å². The number of aromatic nitrogens is 4. The van der Waals surface area contributed by atoms with Crippen LogP contribution in [0.4, 0.5) is 32.3 Å². The normalized spacial score (nSPS) is 23.9. The first kappa shape index (κ1) is 24.5. The molecule has 1 unspecified atom stereocenters. The molecule has 0 radical (unpaired) electrons. The molecule has 2 fully saturated rings. The summed E-state index contributed by atoms with van der Waals surface area (Å²) in [6.07, 6.45) is -1.55. The molecular weight excluding hydrogens is 486 g/mol. The van der Waals surface area contributed by atoms with Crippen molar-refractivity contribution in [3.05, 3.63) is 59.7 Å². The Labute approximate surface area is 203 Å². The molecule has 2 aromatic heterocycles. The summed E-state index contributed by atoms with van der Waals surface area (Å²) in [5, 5.41) is 7.60. The molecular formula is C24H24F6N6.